The summed E-state index contributed by atoms with van der Waals surface area (Å²) in [6.45, 7) is 4.50. The molecule has 24 heavy (non-hydrogen) atoms. The van der Waals surface area contributed by atoms with Gasteiger partial charge in [-0.1, -0.05) is 6.07 Å². The molecule has 1 aliphatic heterocycles. The summed E-state index contributed by atoms with van der Waals surface area (Å²) >= 11 is 0. The molecule has 0 aliphatic carbocycles. The molecule has 7 heteroatoms. The number of carbonyl (C=O) groups excluding carboxylic acids is 1. The van der Waals surface area contributed by atoms with Gasteiger partial charge in [-0.15, -0.1) is 0 Å². The number of fused-ring (bicyclic) bond motifs is 1. The average molecular weight is 330 g/mol. The fourth-order valence-corrected chi connectivity index (χ4v) is 2.54. The minimum atomic E-state index is -0.178. The summed E-state index contributed by atoms with van der Waals surface area (Å²) in [7, 11) is 0. The van der Waals surface area contributed by atoms with Crippen molar-refractivity contribution in [1.29, 1.82) is 0 Å². The van der Waals surface area contributed by atoms with E-state index in [0.717, 1.165) is 30.0 Å². The number of aryl methyl sites for hydroxylation is 1. The molecule has 7 nitrogen and oxygen atoms in total. The average Bonchev–Trinajstić information content (AvgIpc) is 3.11. The van der Waals surface area contributed by atoms with Crippen LogP contribution in [0.1, 0.15) is 24.9 Å². The summed E-state index contributed by atoms with van der Waals surface area (Å²) in [5.74, 6) is 1.48. The Kier molecular flexibility index (Phi) is 5.20. The summed E-state index contributed by atoms with van der Waals surface area (Å²) in [6.07, 6.45) is 6.27. The lowest BCUT2D eigenvalue weighted by Crippen LogP contribution is -2.37. The molecule has 128 valence electrons. The molecular weight excluding hydrogens is 308 g/mol. The standard InChI is InChI=1S/C17H22N4O3/c1-13(14-3-4-15-16(11-14)24-10-9-23-15)20-17(22)19-5-2-7-21-8-6-18-12-21/h3-4,6,8,11-13H,2,5,7,9-10H2,1H3,(H2,19,20,22). The van der Waals surface area contributed by atoms with E-state index in [1.165, 1.54) is 0 Å². The molecular formula is C17H22N4O3. The number of benzene rings is 1. The number of rotatable bonds is 6. The van der Waals surface area contributed by atoms with Gasteiger partial charge in [0.25, 0.3) is 0 Å². The van der Waals surface area contributed by atoms with E-state index in [1.54, 1.807) is 12.5 Å². The van der Waals surface area contributed by atoms with E-state index in [0.29, 0.717) is 19.8 Å². The van der Waals surface area contributed by atoms with Crippen molar-refractivity contribution >= 4 is 6.03 Å². The van der Waals surface area contributed by atoms with Crippen molar-refractivity contribution in [1.82, 2.24) is 20.2 Å². The van der Waals surface area contributed by atoms with Gasteiger partial charge in [0.1, 0.15) is 13.2 Å². The number of hydrogen-bond acceptors (Lipinski definition) is 4. The van der Waals surface area contributed by atoms with Gasteiger partial charge >= 0.3 is 6.03 Å². The second-order valence-corrected chi connectivity index (χ2v) is 5.68. The van der Waals surface area contributed by atoms with E-state index in [1.807, 2.05) is 35.9 Å². The Morgan fingerprint density at radius 3 is 2.96 bits per heavy atom. The number of aromatic nitrogens is 2. The monoisotopic (exact) mass is 330 g/mol. The van der Waals surface area contributed by atoms with Crippen LogP contribution in [0.15, 0.2) is 36.9 Å². The highest BCUT2D eigenvalue weighted by Crippen LogP contribution is 2.32. The number of amides is 2. The summed E-state index contributed by atoms with van der Waals surface area (Å²) in [6, 6.07) is 5.44. The summed E-state index contributed by atoms with van der Waals surface area (Å²) < 4.78 is 13.1. The molecule has 1 aromatic heterocycles. The largest absolute Gasteiger partial charge is 0.486 e. The molecule has 3 rings (SSSR count). The van der Waals surface area contributed by atoms with Crippen LogP contribution in [0.3, 0.4) is 0 Å². The first kappa shape index (κ1) is 16.2. The SMILES string of the molecule is CC(NC(=O)NCCCn1ccnc1)c1ccc2c(c1)OCCO2. The van der Waals surface area contributed by atoms with Crippen LogP contribution in [0.25, 0.3) is 0 Å². The smallest absolute Gasteiger partial charge is 0.315 e. The Bertz CT molecular complexity index is 672. The second kappa shape index (κ2) is 7.72. The second-order valence-electron chi connectivity index (χ2n) is 5.68. The van der Waals surface area contributed by atoms with Crippen LogP contribution in [0, 0.1) is 0 Å². The number of ether oxygens (including phenoxy) is 2. The molecule has 0 saturated heterocycles. The number of hydrogen-bond donors (Lipinski definition) is 2. The molecule has 1 atom stereocenters. The predicted molar refractivity (Wildman–Crippen MR) is 89.2 cm³/mol. The van der Waals surface area contributed by atoms with E-state index in [2.05, 4.69) is 15.6 Å². The van der Waals surface area contributed by atoms with Crippen LogP contribution in [0.5, 0.6) is 11.5 Å². The van der Waals surface area contributed by atoms with Gasteiger partial charge in [-0.05, 0) is 31.0 Å². The Morgan fingerprint density at radius 1 is 1.33 bits per heavy atom. The van der Waals surface area contributed by atoms with Crippen LogP contribution in [-0.2, 0) is 6.54 Å². The van der Waals surface area contributed by atoms with Crippen molar-refractivity contribution in [3.63, 3.8) is 0 Å². The molecule has 2 aromatic rings. The van der Waals surface area contributed by atoms with Crippen LogP contribution in [0.2, 0.25) is 0 Å². The van der Waals surface area contributed by atoms with Crippen molar-refractivity contribution in [2.75, 3.05) is 19.8 Å². The van der Waals surface area contributed by atoms with E-state index in [4.69, 9.17) is 9.47 Å². The number of carbonyl (C=O) groups is 1. The van der Waals surface area contributed by atoms with E-state index in [9.17, 15) is 4.79 Å². The highest BCUT2D eigenvalue weighted by atomic mass is 16.6. The molecule has 1 aliphatic rings. The zero-order valence-corrected chi connectivity index (χ0v) is 13.7. The highest BCUT2D eigenvalue weighted by Gasteiger charge is 2.15. The summed E-state index contributed by atoms with van der Waals surface area (Å²) in [5.41, 5.74) is 0.979. The Balaban J connectivity index is 1.43. The third-order valence-electron chi connectivity index (χ3n) is 3.85. The lowest BCUT2D eigenvalue weighted by atomic mass is 10.1. The third-order valence-corrected chi connectivity index (χ3v) is 3.85. The maximum absolute atomic E-state index is 12.0. The zero-order valence-electron chi connectivity index (χ0n) is 13.7. The van der Waals surface area contributed by atoms with Gasteiger partial charge < -0.3 is 24.7 Å². The molecule has 0 spiro atoms. The fourth-order valence-electron chi connectivity index (χ4n) is 2.54. The molecule has 0 fully saturated rings. The summed E-state index contributed by atoms with van der Waals surface area (Å²) in [5, 5.41) is 5.80. The topological polar surface area (TPSA) is 77.4 Å². The number of imidazole rings is 1. The zero-order chi connectivity index (χ0) is 16.8. The lowest BCUT2D eigenvalue weighted by Gasteiger charge is -2.21. The minimum absolute atomic E-state index is 0.116. The van der Waals surface area contributed by atoms with Crippen molar-refractivity contribution in [2.24, 2.45) is 0 Å². The van der Waals surface area contributed by atoms with Crippen LogP contribution < -0.4 is 20.1 Å². The van der Waals surface area contributed by atoms with Gasteiger partial charge in [0.2, 0.25) is 0 Å². The van der Waals surface area contributed by atoms with Gasteiger partial charge in [-0.3, -0.25) is 0 Å². The Morgan fingerprint density at radius 2 is 2.17 bits per heavy atom. The van der Waals surface area contributed by atoms with Crippen molar-refractivity contribution < 1.29 is 14.3 Å². The highest BCUT2D eigenvalue weighted by molar-refractivity contribution is 5.74. The number of urea groups is 1. The molecule has 2 heterocycles. The van der Waals surface area contributed by atoms with E-state index >= 15 is 0 Å². The molecule has 0 bridgehead atoms. The molecule has 1 unspecified atom stereocenters. The first-order valence-electron chi connectivity index (χ1n) is 8.12. The molecule has 0 saturated carbocycles. The Labute approximate surface area is 141 Å². The van der Waals surface area contributed by atoms with Gasteiger partial charge in [-0.25, -0.2) is 9.78 Å². The van der Waals surface area contributed by atoms with Crippen molar-refractivity contribution in [2.45, 2.75) is 25.9 Å². The van der Waals surface area contributed by atoms with Gasteiger partial charge in [0.15, 0.2) is 11.5 Å². The minimum Gasteiger partial charge on any atom is -0.486 e. The maximum Gasteiger partial charge on any atom is 0.315 e. The quantitative estimate of drug-likeness (QED) is 0.795. The molecule has 2 N–H and O–H groups in total. The Hall–Kier alpha value is -2.70. The van der Waals surface area contributed by atoms with Gasteiger partial charge in [0, 0.05) is 25.5 Å². The maximum atomic E-state index is 12.0. The van der Waals surface area contributed by atoms with Crippen LogP contribution in [0.4, 0.5) is 4.79 Å². The predicted octanol–water partition coefficient (Wildman–Crippen LogP) is 2.10. The first-order chi connectivity index (χ1) is 11.7. The first-order valence-corrected chi connectivity index (χ1v) is 8.12. The molecule has 1 aromatic carbocycles. The molecule has 2 amide bonds. The van der Waals surface area contributed by atoms with Gasteiger partial charge in [-0.2, -0.15) is 0 Å². The summed E-state index contributed by atoms with van der Waals surface area (Å²) in [4.78, 5) is 16.0. The lowest BCUT2D eigenvalue weighted by molar-refractivity contribution is 0.171. The van der Waals surface area contributed by atoms with Crippen LogP contribution in [-0.4, -0.2) is 35.3 Å². The van der Waals surface area contributed by atoms with Crippen molar-refractivity contribution in [3.05, 3.63) is 42.5 Å². The number of nitrogens with one attached hydrogen (secondary N) is 2. The van der Waals surface area contributed by atoms with E-state index in [-0.39, 0.29) is 12.1 Å². The third kappa shape index (κ3) is 4.18. The van der Waals surface area contributed by atoms with E-state index < -0.39 is 0 Å². The number of nitrogens with zero attached hydrogens (tertiary/aromatic N) is 2. The van der Waals surface area contributed by atoms with Crippen LogP contribution >= 0.6 is 0 Å². The van der Waals surface area contributed by atoms with Crippen molar-refractivity contribution in [3.8, 4) is 11.5 Å². The fraction of sp³-hybridized carbons (Fsp3) is 0.412. The molecule has 0 radical (unpaired) electrons. The normalized spacial score (nSPS) is 14.0. The van der Waals surface area contributed by atoms with Gasteiger partial charge in [0.05, 0.1) is 12.4 Å².